The zero-order chi connectivity index (χ0) is 18.8. The van der Waals surface area contributed by atoms with Crippen LogP contribution in [0.1, 0.15) is 32.3 Å². The summed E-state index contributed by atoms with van der Waals surface area (Å²) in [5.74, 6) is 0.381. The highest BCUT2D eigenvalue weighted by Gasteiger charge is 2.21. The molecule has 0 radical (unpaired) electrons. The van der Waals surface area contributed by atoms with Gasteiger partial charge in [0.2, 0.25) is 5.88 Å². The van der Waals surface area contributed by atoms with Gasteiger partial charge < -0.3 is 9.53 Å². The van der Waals surface area contributed by atoms with E-state index >= 15 is 0 Å². The lowest BCUT2D eigenvalue weighted by Crippen LogP contribution is -2.10. The van der Waals surface area contributed by atoms with Crippen LogP contribution in [0.3, 0.4) is 0 Å². The van der Waals surface area contributed by atoms with Crippen molar-refractivity contribution < 1.29 is 9.53 Å². The average Bonchev–Trinajstić information content (AvgIpc) is 3.05. The largest absolute Gasteiger partial charge is 0.481 e. The molecule has 0 aliphatic carbocycles. The Morgan fingerprint density at radius 3 is 2.69 bits per heavy atom. The summed E-state index contributed by atoms with van der Waals surface area (Å²) in [4.78, 5) is 16.1. The highest BCUT2D eigenvalue weighted by atomic mass is 35.5. The van der Waals surface area contributed by atoms with Gasteiger partial charge in [-0.1, -0.05) is 31.5 Å². The number of rotatable bonds is 6. The van der Waals surface area contributed by atoms with E-state index in [1.807, 2.05) is 49.7 Å². The Morgan fingerprint density at radius 2 is 2.08 bits per heavy atom. The smallest absolute Gasteiger partial charge is 0.217 e. The van der Waals surface area contributed by atoms with Crippen molar-refractivity contribution in [3.05, 3.63) is 41.0 Å². The molecule has 0 saturated carbocycles. The molecule has 1 atom stereocenters. The standard InChI is InChI=1S/C20H22ClN3O2/c1-5-24-19-9-13(8-17(21)15(19)10-22-24)18-7-6-14(20(23-18)26-4)16(11-25)12(2)3/h6-12,16H,5H2,1-4H3. The number of pyridine rings is 1. The van der Waals surface area contributed by atoms with Crippen molar-refractivity contribution in [1.29, 1.82) is 0 Å². The monoisotopic (exact) mass is 371 g/mol. The fourth-order valence-electron chi connectivity index (χ4n) is 3.15. The van der Waals surface area contributed by atoms with Crippen LogP contribution in [0.15, 0.2) is 30.5 Å². The maximum atomic E-state index is 11.5. The van der Waals surface area contributed by atoms with Gasteiger partial charge in [0.25, 0.3) is 0 Å². The molecule has 0 amide bonds. The van der Waals surface area contributed by atoms with Crippen LogP contribution in [0.2, 0.25) is 5.02 Å². The lowest BCUT2D eigenvalue weighted by atomic mass is 9.90. The quantitative estimate of drug-likeness (QED) is 0.588. The number of carbonyl (C=O) groups excluding carboxylic acids is 1. The molecule has 0 bridgehead atoms. The van der Waals surface area contributed by atoms with E-state index in [1.54, 1.807) is 13.3 Å². The molecule has 2 heterocycles. The molecule has 0 fully saturated rings. The zero-order valence-electron chi connectivity index (χ0n) is 15.4. The molecule has 26 heavy (non-hydrogen) atoms. The van der Waals surface area contributed by atoms with Gasteiger partial charge in [-0.25, -0.2) is 4.98 Å². The molecule has 136 valence electrons. The number of hydrogen-bond acceptors (Lipinski definition) is 4. The van der Waals surface area contributed by atoms with Gasteiger partial charge in [0, 0.05) is 29.0 Å². The van der Waals surface area contributed by atoms with Crippen molar-refractivity contribution in [2.75, 3.05) is 7.11 Å². The predicted octanol–water partition coefficient (Wildman–Crippen LogP) is 4.72. The molecular weight excluding hydrogens is 350 g/mol. The van der Waals surface area contributed by atoms with Gasteiger partial charge in [-0.3, -0.25) is 4.68 Å². The maximum absolute atomic E-state index is 11.5. The van der Waals surface area contributed by atoms with E-state index in [0.29, 0.717) is 10.9 Å². The van der Waals surface area contributed by atoms with Crippen molar-refractivity contribution in [2.24, 2.45) is 5.92 Å². The van der Waals surface area contributed by atoms with Gasteiger partial charge >= 0.3 is 0 Å². The Morgan fingerprint density at radius 1 is 1.31 bits per heavy atom. The summed E-state index contributed by atoms with van der Waals surface area (Å²) in [6, 6.07) is 7.72. The third-order valence-electron chi connectivity index (χ3n) is 4.61. The molecule has 0 saturated heterocycles. The number of methoxy groups -OCH3 is 1. The summed E-state index contributed by atoms with van der Waals surface area (Å²) < 4.78 is 7.37. The minimum Gasteiger partial charge on any atom is -0.481 e. The number of aldehydes is 1. The first-order valence-corrected chi connectivity index (χ1v) is 9.03. The summed E-state index contributed by atoms with van der Waals surface area (Å²) in [5.41, 5.74) is 3.39. The normalized spacial score (nSPS) is 12.5. The average molecular weight is 372 g/mol. The van der Waals surface area contributed by atoms with Crippen LogP contribution >= 0.6 is 11.6 Å². The van der Waals surface area contributed by atoms with Crippen LogP contribution in [0, 0.1) is 5.92 Å². The number of nitrogens with zero attached hydrogens (tertiary/aromatic N) is 3. The third-order valence-corrected chi connectivity index (χ3v) is 4.93. The van der Waals surface area contributed by atoms with Gasteiger partial charge in [-0.15, -0.1) is 0 Å². The number of carbonyl (C=O) groups is 1. The molecule has 0 N–H and O–H groups in total. The fourth-order valence-corrected chi connectivity index (χ4v) is 3.42. The first kappa shape index (κ1) is 18.4. The van der Waals surface area contributed by atoms with Crippen LogP contribution in [0.4, 0.5) is 0 Å². The van der Waals surface area contributed by atoms with E-state index in [1.165, 1.54) is 0 Å². The molecule has 0 aliphatic rings. The van der Waals surface area contributed by atoms with Gasteiger partial charge in [0.05, 0.1) is 29.5 Å². The molecular formula is C20H22ClN3O2. The summed E-state index contributed by atoms with van der Waals surface area (Å²) in [7, 11) is 1.57. The summed E-state index contributed by atoms with van der Waals surface area (Å²) in [6.45, 7) is 6.81. The van der Waals surface area contributed by atoms with Gasteiger partial charge in [0.15, 0.2) is 0 Å². The number of aromatic nitrogens is 3. The molecule has 1 aromatic carbocycles. The van der Waals surface area contributed by atoms with Crippen LogP contribution < -0.4 is 4.74 Å². The minimum atomic E-state index is -0.251. The number of halogens is 1. The second-order valence-electron chi connectivity index (χ2n) is 6.55. The molecule has 0 spiro atoms. The Hall–Kier alpha value is -2.40. The number of aryl methyl sites for hydroxylation is 1. The van der Waals surface area contributed by atoms with Crippen LogP contribution in [-0.4, -0.2) is 28.2 Å². The number of hydrogen-bond donors (Lipinski definition) is 0. The number of fused-ring (bicyclic) bond motifs is 1. The molecule has 3 aromatic rings. The lowest BCUT2D eigenvalue weighted by Gasteiger charge is -2.18. The highest BCUT2D eigenvalue weighted by molar-refractivity contribution is 6.35. The van der Waals surface area contributed by atoms with E-state index < -0.39 is 0 Å². The van der Waals surface area contributed by atoms with Crippen molar-refractivity contribution in [3.8, 4) is 17.1 Å². The molecule has 0 aliphatic heterocycles. The van der Waals surface area contributed by atoms with Gasteiger partial charge in [0.1, 0.15) is 6.29 Å². The third kappa shape index (κ3) is 3.19. The Kier molecular flexibility index (Phi) is 5.28. The lowest BCUT2D eigenvalue weighted by molar-refractivity contribution is -0.109. The van der Waals surface area contributed by atoms with E-state index in [2.05, 4.69) is 10.1 Å². The first-order valence-electron chi connectivity index (χ1n) is 8.65. The SMILES string of the molecule is CCn1ncc2c(Cl)cc(-c3ccc(C(C=O)C(C)C)c(OC)n3)cc21. The van der Waals surface area contributed by atoms with E-state index in [4.69, 9.17) is 16.3 Å². The topological polar surface area (TPSA) is 57.0 Å². The second-order valence-corrected chi connectivity index (χ2v) is 6.96. The van der Waals surface area contributed by atoms with Crippen LogP contribution in [-0.2, 0) is 11.3 Å². The molecule has 1 unspecified atom stereocenters. The number of benzene rings is 1. The van der Waals surface area contributed by atoms with Crippen LogP contribution in [0.25, 0.3) is 22.2 Å². The second kappa shape index (κ2) is 7.46. The molecule has 6 heteroatoms. The molecule has 3 rings (SSSR count). The zero-order valence-corrected chi connectivity index (χ0v) is 16.1. The Labute approximate surface area is 157 Å². The van der Waals surface area contributed by atoms with E-state index in [0.717, 1.165) is 40.6 Å². The number of ether oxygens (including phenoxy) is 1. The summed E-state index contributed by atoms with van der Waals surface area (Å²) in [6.07, 6.45) is 2.73. The first-order chi connectivity index (χ1) is 12.5. The predicted molar refractivity (Wildman–Crippen MR) is 104 cm³/mol. The summed E-state index contributed by atoms with van der Waals surface area (Å²) in [5, 5.41) is 5.91. The molecule has 2 aromatic heterocycles. The van der Waals surface area contributed by atoms with E-state index in [9.17, 15) is 4.79 Å². The van der Waals surface area contributed by atoms with Crippen molar-refractivity contribution >= 4 is 28.8 Å². The molecule has 5 nitrogen and oxygen atoms in total. The van der Waals surface area contributed by atoms with Crippen molar-refractivity contribution in [1.82, 2.24) is 14.8 Å². The summed E-state index contributed by atoms with van der Waals surface area (Å²) >= 11 is 6.44. The Balaban J connectivity index is 2.12. The van der Waals surface area contributed by atoms with Crippen molar-refractivity contribution in [2.45, 2.75) is 33.2 Å². The van der Waals surface area contributed by atoms with Crippen LogP contribution in [0.5, 0.6) is 5.88 Å². The highest BCUT2D eigenvalue weighted by Crippen LogP contribution is 2.34. The minimum absolute atomic E-state index is 0.166. The van der Waals surface area contributed by atoms with Gasteiger partial charge in [-0.2, -0.15) is 5.10 Å². The Bertz CT molecular complexity index is 950. The maximum Gasteiger partial charge on any atom is 0.217 e. The van der Waals surface area contributed by atoms with Crippen molar-refractivity contribution in [3.63, 3.8) is 0 Å². The van der Waals surface area contributed by atoms with Gasteiger partial charge in [-0.05, 0) is 31.0 Å². The van der Waals surface area contributed by atoms with E-state index in [-0.39, 0.29) is 11.8 Å². The fraction of sp³-hybridized carbons (Fsp3) is 0.350.